The Morgan fingerprint density at radius 2 is 1.62 bits per heavy atom. The molecule has 120 valence electrons. The molecule has 1 rings (SSSR count). The van der Waals surface area contributed by atoms with Crippen LogP contribution in [0.25, 0.3) is 0 Å². The molecule has 1 aromatic rings. The van der Waals surface area contributed by atoms with Crippen molar-refractivity contribution in [3.63, 3.8) is 0 Å². The number of halogens is 1. The van der Waals surface area contributed by atoms with E-state index < -0.39 is 15.9 Å². The second-order valence-corrected chi connectivity index (χ2v) is 7.36. The van der Waals surface area contributed by atoms with Gasteiger partial charge in [0.15, 0.2) is 9.84 Å². The summed E-state index contributed by atoms with van der Waals surface area (Å²) in [7, 11) is -3.20. The minimum absolute atomic E-state index is 0. The summed E-state index contributed by atoms with van der Waals surface area (Å²) < 4.78 is 22.7. The fourth-order valence-electron chi connectivity index (χ4n) is 1.70. The molecule has 0 aliphatic rings. The van der Waals surface area contributed by atoms with E-state index >= 15 is 0 Å². The Labute approximate surface area is 132 Å². The maximum atomic E-state index is 11.9. The molecule has 0 saturated carbocycles. The molecule has 0 fully saturated rings. The average molecular weight is 335 g/mol. The number of hydrogen-bond acceptors (Lipinski definition) is 4. The first kappa shape index (κ1) is 19.9. The molecule has 1 aromatic carbocycles. The second-order valence-electron chi connectivity index (χ2n) is 5.34. The highest BCUT2D eigenvalue weighted by atomic mass is 35.5. The maximum Gasteiger partial charge on any atom is 0.237 e. The van der Waals surface area contributed by atoms with Crippen LogP contribution in [0.2, 0.25) is 0 Å². The molecule has 0 heterocycles. The van der Waals surface area contributed by atoms with Gasteiger partial charge in [0.25, 0.3) is 0 Å². The molecule has 5 nitrogen and oxygen atoms in total. The Morgan fingerprint density at radius 1 is 1.14 bits per heavy atom. The monoisotopic (exact) mass is 334 g/mol. The number of hydrogen-bond donors (Lipinski definition) is 2. The van der Waals surface area contributed by atoms with Crippen molar-refractivity contribution in [2.45, 2.75) is 37.8 Å². The summed E-state index contributed by atoms with van der Waals surface area (Å²) in [4.78, 5) is 12.1. The minimum Gasteiger partial charge on any atom is -0.348 e. The van der Waals surface area contributed by atoms with Gasteiger partial charge in [-0.15, -0.1) is 12.4 Å². The van der Waals surface area contributed by atoms with E-state index in [4.69, 9.17) is 5.73 Å². The Morgan fingerprint density at radius 3 is 2.00 bits per heavy atom. The normalized spacial score (nSPS) is 14.2. The third-order valence-corrected chi connectivity index (χ3v) is 4.32. The second kappa shape index (κ2) is 7.77. The molecule has 0 aromatic heterocycles. The van der Waals surface area contributed by atoms with Crippen LogP contribution < -0.4 is 11.1 Å². The van der Waals surface area contributed by atoms with E-state index in [1.54, 1.807) is 12.1 Å². The molecule has 2 atom stereocenters. The highest BCUT2D eigenvalue weighted by Gasteiger charge is 2.19. The molecule has 1 unspecified atom stereocenters. The van der Waals surface area contributed by atoms with Crippen molar-refractivity contribution in [2.75, 3.05) is 6.26 Å². The zero-order valence-electron chi connectivity index (χ0n) is 12.7. The van der Waals surface area contributed by atoms with Gasteiger partial charge in [0, 0.05) is 6.26 Å². The van der Waals surface area contributed by atoms with Gasteiger partial charge in [0.1, 0.15) is 0 Å². The predicted molar refractivity (Wildman–Crippen MR) is 86.2 cm³/mol. The van der Waals surface area contributed by atoms with Crippen molar-refractivity contribution in [3.8, 4) is 0 Å². The minimum atomic E-state index is -3.20. The summed E-state index contributed by atoms with van der Waals surface area (Å²) in [6.07, 6.45) is 1.16. The first-order valence-corrected chi connectivity index (χ1v) is 8.38. The van der Waals surface area contributed by atoms with E-state index in [9.17, 15) is 13.2 Å². The van der Waals surface area contributed by atoms with Gasteiger partial charge >= 0.3 is 0 Å². The highest BCUT2D eigenvalue weighted by Crippen LogP contribution is 2.16. The zero-order chi connectivity index (χ0) is 15.5. The van der Waals surface area contributed by atoms with Gasteiger partial charge in [0.2, 0.25) is 5.91 Å². The van der Waals surface area contributed by atoms with Gasteiger partial charge in [-0.3, -0.25) is 4.79 Å². The molecule has 3 N–H and O–H groups in total. The molecule has 0 spiro atoms. The fourth-order valence-corrected chi connectivity index (χ4v) is 2.33. The SMILES string of the molecule is CC(NC(=O)[C@H](N)C(C)C)c1ccc(S(C)(=O)=O)cc1.Cl. The molecule has 7 heteroatoms. The molecule has 21 heavy (non-hydrogen) atoms. The summed E-state index contributed by atoms with van der Waals surface area (Å²) in [6.45, 7) is 5.60. The van der Waals surface area contributed by atoms with Gasteiger partial charge in [-0.1, -0.05) is 26.0 Å². The van der Waals surface area contributed by atoms with Crippen molar-refractivity contribution in [3.05, 3.63) is 29.8 Å². The van der Waals surface area contributed by atoms with Crippen LogP contribution in [-0.4, -0.2) is 26.6 Å². The summed E-state index contributed by atoms with van der Waals surface area (Å²) >= 11 is 0. The Bertz CT molecular complexity index is 570. The number of benzene rings is 1. The third-order valence-electron chi connectivity index (χ3n) is 3.19. The van der Waals surface area contributed by atoms with Crippen molar-refractivity contribution >= 4 is 28.2 Å². The lowest BCUT2D eigenvalue weighted by molar-refractivity contribution is -0.123. The maximum absolute atomic E-state index is 11.9. The highest BCUT2D eigenvalue weighted by molar-refractivity contribution is 7.90. The van der Waals surface area contributed by atoms with Crippen molar-refractivity contribution in [2.24, 2.45) is 11.7 Å². The lowest BCUT2D eigenvalue weighted by atomic mass is 10.0. The van der Waals surface area contributed by atoms with E-state index in [0.717, 1.165) is 11.8 Å². The molecule has 0 aliphatic carbocycles. The van der Waals surface area contributed by atoms with Gasteiger partial charge in [-0.2, -0.15) is 0 Å². The Kier molecular flexibility index (Phi) is 7.36. The molecule has 0 radical (unpaired) electrons. The fraction of sp³-hybridized carbons (Fsp3) is 0.500. The van der Waals surface area contributed by atoms with Crippen molar-refractivity contribution < 1.29 is 13.2 Å². The van der Waals surface area contributed by atoms with Crippen LogP contribution in [0.15, 0.2) is 29.2 Å². The zero-order valence-corrected chi connectivity index (χ0v) is 14.3. The van der Waals surface area contributed by atoms with Crippen LogP contribution in [0.3, 0.4) is 0 Å². The van der Waals surface area contributed by atoms with Crippen molar-refractivity contribution in [1.29, 1.82) is 0 Å². The van der Waals surface area contributed by atoms with Crippen molar-refractivity contribution in [1.82, 2.24) is 5.32 Å². The number of rotatable bonds is 5. The summed E-state index contributed by atoms with van der Waals surface area (Å²) in [5.74, 6) is -0.144. The number of amides is 1. The molecular formula is C14H23ClN2O3S. The Hall–Kier alpha value is -1.11. The van der Waals surface area contributed by atoms with Gasteiger partial charge in [0.05, 0.1) is 17.0 Å². The van der Waals surface area contributed by atoms with Crippen LogP contribution >= 0.6 is 12.4 Å². The van der Waals surface area contributed by atoms with Gasteiger partial charge in [-0.25, -0.2) is 8.42 Å². The van der Waals surface area contributed by atoms with Gasteiger partial charge < -0.3 is 11.1 Å². The lowest BCUT2D eigenvalue weighted by Gasteiger charge is -2.20. The number of nitrogens with one attached hydrogen (secondary N) is 1. The summed E-state index contributed by atoms with van der Waals surface area (Å²) in [6, 6.07) is 5.70. The first-order valence-electron chi connectivity index (χ1n) is 6.49. The quantitative estimate of drug-likeness (QED) is 0.857. The summed E-state index contributed by atoms with van der Waals surface area (Å²) in [5.41, 5.74) is 6.61. The standard InChI is InChI=1S/C14H22N2O3S.ClH/c1-9(2)13(15)14(17)16-10(3)11-5-7-12(8-6-11)20(4,18)19;/h5-10,13H,15H2,1-4H3,(H,16,17);1H/t10?,13-;/m1./s1. The van der Waals surface area contributed by atoms with Crippen LogP contribution in [-0.2, 0) is 14.6 Å². The summed E-state index contributed by atoms with van der Waals surface area (Å²) in [5, 5.41) is 2.82. The van der Waals surface area contributed by atoms with E-state index in [1.165, 1.54) is 12.1 Å². The van der Waals surface area contributed by atoms with Crippen LogP contribution in [0.1, 0.15) is 32.4 Å². The lowest BCUT2D eigenvalue weighted by Crippen LogP contribution is -2.44. The van der Waals surface area contributed by atoms with Gasteiger partial charge in [-0.05, 0) is 30.5 Å². The van der Waals surface area contributed by atoms with E-state index in [0.29, 0.717) is 0 Å². The Balaban J connectivity index is 0.00000400. The van der Waals surface area contributed by atoms with E-state index in [1.807, 2.05) is 20.8 Å². The predicted octanol–water partition coefficient (Wildman–Crippen LogP) is 1.67. The smallest absolute Gasteiger partial charge is 0.237 e. The molecule has 0 aliphatic heterocycles. The van der Waals surface area contributed by atoms with E-state index in [2.05, 4.69) is 5.32 Å². The molecule has 0 saturated heterocycles. The number of carbonyl (C=O) groups excluding carboxylic acids is 1. The third kappa shape index (κ3) is 5.65. The number of nitrogens with two attached hydrogens (primary N) is 1. The number of carbonyl (C=O) groups is 1. The number of sulfone groups is 1. The van der Waals surface area contributed by atoms with Crippen LogP contribution in [0, 0.1) is 5.92 Å². The molecule has 1 amide bonds. The van der Waals surface area contributed by atoms with E-state index in [-0.39, 0.29) is 35.2 Å². The largest absolute Gasteiger partial charge is 0.348 e. The molecule has 0 bridgehead atoms. The topological polar surface area (TPSA) is 89.3 Å². The first-order chi connectivity index (χ1) is 9.12. The van der Waals surface area contributed by atoms with Crippen LogP contribution in [0.5, 0.6) is 0 Å². The van der Waals surface area contributed by atoms with Crippen LogP contribution in [0.4, 0.5) is 0 Å². The average Bonchev–Trinajstić information content (AvgIpc) is 2.36. The molecular weight excluding hydrogens is 312 g/mol.